The average molecular weight is 316 g/mol. The second kappa shape index (κ2) is 7.25. The van der Waals surface area contributed by atoms with Crippen molar-refractivity contribution in [2.45, 2.75) is 40.2 Å². The van der Waals surface area contributed by atoms with E-state index in [9.17, 15) is 4.39 Å². The number of halogens is 2. The SMILES string of the molecule is CCNC(C)C(Cc1cc(Br)ccc1F)C(C)C. The Morgan fingerprint density at radius 2 is 1.94 bits per heavy atom. The summed E-state index contributed by atoms with van der Waals surface area (Å²) in [4.78, 5) is 0. The van der Waals surface area contributed by atoms with Crippen LogP contribution in [0.15, 0.2) is 22.7 Å². The third-order valence-electron chi connectivity index (χ3n) is 3.49. The van der Waals surface area contributed by atoms with Gasteiger partial charge in [0.05, 0.1) is 0 Å². The third-order valence-corrected chi connectivity index (χ3v) is 3.98. The number of rotatable bonds is 6. The maximum absolute atomic E-state index is 13.8. The first-order valence-corrected chi connectivity index (χ1v) is 7.42. The predicted octanol–water partition coefficient (Wildman–Crippen LogP) is 4.40. The van der Waals surface area contributed by atoms with E-state index in [2.05, 4.69) is 48.9 Å². The summed E-state index contributed by atoms with van der Waals surface area (Å²) in [6.07, 6.45) is 0.775. The molecule has 0 saturated carbocycles. The topological polar surface area (TPSA) is 12.0 Å². The molecule has 18 heavy (non-hydrogen) atoms. The van der Waals surface area contributed by atoms with E-state index < -0.39 is 0 Å². The van der Waals surface area contributed by atoms with Crippen LogP contribution in [0.25, 0.3) is 0 Å². The highest BCUT2D eigenvalue weighted by Gasteiger charge is 2.21. The highest BCUT2D eigenvalue weighted by atomic mass is 79.9. The molecule has 0 aromatic heterocycles. The Morgan fingerprint density at radius 1 is 1.28 bits per heavy atom. The molecule has 102 valence electrons. The summed E-state index contributed by atoms with van der Waals surface area (Å²) in [5, 5.41) is 3.45. The number of hydrogen-bond acceptors (Lipinski definition) is 1. The molecule has 1 aromatic rings. The van der Waals surface area contributed by atoms with Crippen LogP contribution in [0.2, 0.25) is 0 Å². The van der Waals surface area contributed by atoms with Gasteiger partial charge < -0.3 is 5.32 Å². The molecule has 1 nitrogen and oxygen atoms in total. The maximum Gasteiger partial charge on any atom is 0.126 e. The van der Waals surface area contributed by atoms with E-state index in [0.717, 1.165) is 23.0 Å². The summed E-state index contributed by atoms with van der Waals surface area (Å²) in [5.74, 6) is 0.860. The zero-order valence-electron chi connectivity index (χ0n) is 11.6. The minimum Gasteiger partial charge on any atom is -0.314 e. The maximum atomic E-state index is 13.8. The van der Waals surface area contributed by atoms with Gasteiger partial charge in [-0.2, -0.15) is 0 Å². The smallest absolute Gasteiger partial charge is 0.126 e. The zero-order valence-corrected chi connectivity index (χ0v) is 13.2. The fourth-order valence-electron chi connectivity index (χ4n) is 2.42. The normalized spacial score (nSPS) is 14.8. The molecule has 0 aliphatic carbocycles. The van der Waals surface area contributed by atoms with Crippen LogP contribution in [0, 0.1) is 17.7 Å². The molecule has 1 aromatic carbocycles. The fourth-order valence-corrected chi connectivity index (χ4v) is 2.83. The highest BCUT2D eigenvalue weighted by molar-refractivity contribution is 9.10. The lowest BCUT2D eigenvalue weighted by Crippen LogP contribution is -2.37. The fraction of sp³-hybridized carbons (Fsp3) is 0.600. The van der Waals surface area contributed by atoms with Crippen LogP contribution in [0.5, 0.6) is 0 Å². The molecule has 1 rings (SSSR count). The molecule has 2 unspecified atom stereocenters. The van der Waals surface area contributed by atoms with Gasteiger partial charge in [0.1, 0.15) is 5.82 Å². The Morgan fingerprint density at radius 3 is 2.50 bits per heavy atom. The summed E-state index contributed by atoms with van der Waals surface area (Å²) in [6.45, 7) is 9.64. The van der Waals surface area contributed by atoms with Crippen LogP contribution in [-0.4, -0.2) is 12.6 Å². The van der Waals surface area contributed by atoms with Crippen LogP contribution in [-0.2, 0) is 6.42 Å². The van der Waals surface area contributed by atoms with Gasteiger partial charge in [-0.05, 0) is 55.5 Å². The van der Waals surface area contributed by atoms with Gasteiger partial charge in [-0.15, -0.1) is 0 Å². The molecule has 0 fully saturated rings. The lowest BCUT2D eigenvalue weighted by Gasteiger charge is -2.28. The molecule has 0 amide bonds. The second-order valence-electron chi connectivity index (χ2n) is 5.19. The van der Waals surface area contributed by atoms with Crippen molar-refractivity contribution in [3.8, 4) is 0 Å². The third kappa shape index (κ3) is 4.36. The van der Waals surface area contributed by atoms with E-state index in [-0.39, 0.29) is 5.82 Å². The lowest BCUT2D eigenvalue weighted by atomic mass is 9.84. The van der Waals surface area contributed by atoms with Gasteiger partial charge in [-0.1, -0.05) is 36.7 Å². The molecule has 0 bridgehead atoms. The minimum atomic E-state index is -0.104. The lowest BCUT2D eigenvalue weighted by molar-refractivity contribution is 0.289. The molecule has 0 aliphatic rings. The number of hydrogen-bond donors (Lipinski definition) is 1. The largest absolute Gasteiger partial charge is 0.314 e. The summed E-state index contributed by atoms with van der Waals surface area (Å²) in [6, 6.07) is 5.57. The molecular formula is C15H23BrFN. The van der Waals surface area contributed by atoms with Crippen molar-refractivity contribution >= 4 is 15.9 Å². The number of nitrogens with one attached hydrogen (secondary N) is 1. The predicted molar refractivity (Wildman–Crippen MR) is 79.3 cm³/mol. The Labute approximate surface area is 118 Å². The second-order valence-corrected chi connectivity index (χ2v) is 6.11. The quantitative estimate of drug-likeness (QED) is 0.820. The van der Waals surface area contributed by atoms with Crippen LogP contribution in [0.4, 0.5) is 4.39 Å². The van der Waals surface area contributed by atoms with Crippen molar-refractivity contribution < 1.29 is 4.39 Å². The van der Waals surface area contributed by atoms with Crippen LogP contribution >= 0.6 is 15.9 Å². The monoisotopic (exact) mass is 315 g/mol. The van der Waals surface area contributed by atoms with Crippen LogP contribution in [0.1, 0.15) is 33.3 Å². The van der Waals surface area contributed by atoms with Gasteiger partial charge in [-0.25, -0.2) is 4.39 Å². The van der Waals surface area contributed by atoms with Crippen molar-refractivity contribution in [3.63, 3.8) is 0 Å². The molecule has 3 heteroatoms. The van der Waals surface area contributed by atoms with Gasteiger partial charge in [0, 0.05) is 10.5 Å². The van der Waals surface area contributed by atoms with Gasteiger partial charge in [0.2, 0.25) is 0 Å². The number of benzene rings is 1. The van der Waals surface area contributed by atoms with Gasteiger partial charge in [-0.3, -0.25) is 0 Å². The Bertz CT molecular complexity index is 379. The van der Waals surface area contributed by atoms with E-state index in [1.807, 2.05) is 6.07 Å². The van der Waals surface area contributed by atoms with E-state index in [1.165, 1.54) is 6.07 Å². The zero-order chi connectivity index (χ0) is 13.7. The first kappa shape index (κ1) is 15.6. The summed E-state index contributed by atoms with van der Waals surface area (Å²) in [5.41, 5.74) is 0.799. The molecular weight excluding hydrogens is 293 g/mol. The van der Waals surface area contributed by atoms with E-state index in [1.54, 1.807) is 6.07 Å². The van der Waals surface area contributed by atoms with E-state index in [4.69, 9.17) is 0 Å². The molecule has 0 radical (unpaired) electrons. The molecule has 1 N–H and O–H groups in total. The Hall–Kier alpha value is -0.410. The highest BCUT2D eigenvalue weighted by Crippen LogP contribution is 2.24. The summed E-state index contributed by atoms with van der Waals surface area (Å²) >= 11 is 3.41. The molecule has 0 aliphatic heterocycles. The van der Waals surface area contributed by atoms with Gasteiger partial charge in [0.25, 0.3) is 0 Å². The first-order valence-electron chi connectivity index (χ1n) is 6.63. The van der Waals surface area contributed by atoms with Crippen LogP contribution in [0.3, 0.4) is 0 Å². The van der Waals surface area contributed by atoms with E-state index in [0.29, 0.717) is 17.9 Å². The Balaban J connectivity index is 2.86. The average Bonchev–Trinajstić information content (AvgIpc) is 2.30. The van der Waals surface area contributed by atoms with Gasteiger partial charge in [0.15, 0.2) is 0 Å². The first-order chi connectivity index (χ1) is 8.45. The Kier molecular flexibility index (Phi) is 6.30. The van der Waals surface area contributed by atoms with E-state index >= 15 is 0 Å². The van der Waals surface area contributed by atoms with Gasteiger partial charge >= 0.3 is 0 Å². The summed E-state index contributed by atoms with van der Waals surface area (Å²) in [7, 11) is 0. The molecule has 2 atom stereocenters. The minimum absolute atomic E-state index is 0.104. The molecule has 0 heterocycles. The summed E-state index contributed by atoms with van der Waals surface area (Å²) < 4.78 is 14.7. The van der Waals surface area contributed by atoms with Crippen molar-refractivity contribution in [3.05, 3.63) is 34.1 Å². The van der Waals surface area contributed by atoms with Crippen molar-refractivity contribution in [1.29, 1.82) is 0 Å². The van der Waals surface area contributed by atoms with Crippen molar-refractivity contribution in [1.82, 2.24) is 5.32 Å². The van der Waals surface area contributed by atoms with Crippen molar-refractivity contribution in [2.75, 3.05) is 6.54 Å². The van der Waals surface area contributed by atoms with Crippen molar-refractivity contribution in [2.24, 2.45) is 11.8 Å². The van der Waals surface area contributed by atoms with Crippen LogP contribution < -0.4 is 5.32 Å². The molecule has 0 saturated heterocycles. The standard InChI is InChI=1S/C15H23BrFN/c1-5-18-11(4)14(10(2)3)9-12-8-13(16)6-7-15(12)17/h6-8,10-11,14,18H,5,9H2,1-4H3. The molecule has 0 spiro atoms.